The van der Waals surface area contributed by atoms with Gasteiger partial charge >= 0.3 is 0 Å². The zero-order chi connectivity index (χ0) is 13.3. The van der Waals surface area contributed by atoms with Gasteiger partial charge in [0.1, 0.15) is 5.82 Å². The van der Waals surface area contributed by atoms with Crippen LogP contribution < -0.4 is 5.73 Å². The Morgan fingerprint density at radius 3 is 2.44 bits per heavy atom. The summed E-state index contributed by atoms with van der Waals surface area (Å²) in [6.07, 6.45) is 0. The molecule has 0 heterocycles. The van der Waals surface area contributed by atoms with E-state index in [0.717, 1.165) is 10.0 Å². The van der Waals surface area contributed by atoms with Crippen LogP contribution in [0.4, 0.5) is 10.1 Å². The first-order valence-electron chi connectivity index (χ1n) is 5.35. The van der Waals surface area contributed by atoms with E-state index in [0.29, 0.717) is 16.8 Å². The quantitative estimate of drug-likeness (QED) is 0.679. The van der Waals surface area contributed by atoms with Crippen LogP contribution in [-0.4, -0.2) is 5.78 Å². The fourth-order valence-electron chi connectivity index (χ4n) is 1.65. The lowest BCUT2D eigenvalue weighted by Crippen LogP contribution is -2.06. The van der Waals surface area contributed by atoms with Crippen molar-refractivity contribution in [1.29, 1.82) is 0 Å². The minimum atomic E-state index is -0.369. The third kappa shape index (κ3) is 2.43. The molecule has 0 aliphatic rings. The van der Waals surface area contributed by atoms with Crippen molar-refractivity contribution in [3.05, 3.63) is 63.4 Å². The molecule has 0 aliphatic carbocycles. The Hall–Kier alpha value is -1.68. The van der Waals surface area contributed by atoms with Gasteiger partial charge in [0.25, 0.3) is 0 Å². The molecule has 0 atom stereocenters. The summed E-state index contributed by atoms with van der Waals surface area (Å²) in [6.45, 7) is 1.88. The van der Waals surface area contributed by atoms with Gasteiger partial charge in [-0.05, 0) is 48.9 Å². The van der Waals surface area contributed by atoms with Gasteiger partial charge in [-0.15, -0.1) is 0 Å². The van der Waals surface area contributed by atoms with E-state index in [2.05, 4.69) is 15.9 Å². The number of hydrogen-bond acceptors (Lipinski definition) is 2. The van der Waals surface area contributed by atoms with Crippen LogP contribution in [0.5, 0.6) is 0 Å². The van der Waals surface area contributed by atoms with Gasteiger partial charge in [-0.25, -0.2) is 4.39 Å². The summed E-state index contributed by atoms with van der Waals surface area (Å²) in [4.78, 5) is 12.2. The Morgan fingerprint density at radius 1 is 1.22 bits per heavy atom. The van der Waals surface area contributed by atoms with E-state index >= 15 is 0 Å². The number of rotatable bonds is 2. The van der Waals surface area contributed by atoms with Crippen molar-refractivity contribution in [2.75, 3.05) is 5.73 Å². The van der Waals surface area contributed by atoms with Crippen LogP contribution in [0.25, 0.3) is 0 Å². The van der Waals surface area contributed by atoms with Gasteiger partial charge in [-0.2, -0.15) is 0 Å². The SMILES string of the molecule is Cc1cc(C(=O)c2ccc(F)cc2)c(N)cc1Br. The topological polar surface area (TPSA) is 43.1 Å². The summed E-state index contributed by atoms with van der Waals surface area (Å²) in [6, 6.07) is 8.85. The van der Waals surface area contributed by atoms with E-state index in [1.807, 2.05) is 6.92 Å². The Bertz CT molecular complexity index is 608. The summed E-state index contributed by atoms with van der Waals surface area (Å²) in [7, 11) is 0. The number of benzene rings is 2. The van der Waals surface area contributed by atoms with Crippen molar-refractivity contribution in [3.8, 4) is 0 Å². The standard InChI is InChI=1S/C14H11BrFNO/c1-8-6-11(13(17)7-12(8)15)14(18)9-2-4-10(16)5-3-9/h2-7H,17H2,1H3. The number of carbonyl (C=O) groups excluding carboxylic acids is 1. The molecule has 0 bridgehead atoms. The van der Waals surface area contributed by atoms with E-state index in [9.17, 15) is 9.18 Å². The van der Waals surface area contributed by atoms with Crippen LogP contribution in [0.2, 0.25) is 0 Å². The van der Waals surface area contributed by atoms with E-state index in [4.69, 9.17) is 5.73 Å². The Labute approximate surface area is 113 Å². The molecule has 0 unspecified atom stereocenters. The fraction of sp³-hybridized carbons (Fsp3) is 0.0714. The second-order valence-corrected chi connectivity index (χ2v) is 4.88. The molecule has 2 nitrogen and oxygen atoms in total. The maximum atomic E-state index is 12.8. The molecule has 2 rings (SSSR count). The minimum absolute atomic E-state index is 0.205. The highest BCUT2D eigenvalue weighted by molar-refractivity contribution is 9.10. The monoisotopic (exact) mass is 307 g/mol. The van der Waals surface area contributed by atoms with E-state index in [1.54, 1.807) is 12.1 Å². The summed E-state index contributed by atoms with van der Waals surface area (Å²) in [5.41, 5.74) is 8.02. The van der Waals surface area contributed by atoms with Gasteiger partial charge in [-0.3, -0.25) is 4.79 Å². The number of anilines is 1. The molecule has 0 aromatic heterocycles. The second kappa shape index (κ2) is 4.90. The lowest BCUT2D eigenvalue weighted by molar-refractivity contribution is 0.103. The lowest BCUT2D eigenvalue weighted by atomic mass is 10.00. The largest absolute Gasteiger partial charge is 0.398 e. The normalized spacial score (nSPS) is 10.4. The van der Waals surface area contributed by atoms with Crippen molar-refractivity contribution in [2.24, 2.45) is 0 Å². The summed E-state index contributed by atoms with van der Waals surface area (Å²) >= 11 is 3.35. The van der Waals surface area contributed by atoms with Gasteiger partial charge in [0.2, 0.25) is 0 Å². The number of aryl methyl sites for hydroxylation is 1. The second-order valence-electron chi connectivity index (χ2n) is 4.02. The minimum Gasteiger partial charge on any atom is -0.398 e. The number of nitrogen functional groups attached to an aromatic ring is 1. The van der Waals surface area contributed by atoms with Crippen LogP contribution in [0.15, 0.2) is 40.9 Å². The van der Waals surface area contributed by atoms with Crippen LogP contribution in [0, 0.1) is 12.7 Å². The van der Waals surface area contributed by atoms with Crippen LogP contribution in [-0.2, 0) is 0 Å². The number of ketones is 1. The molecule has 4 heteroatoms. The molecule has 18 heavy (non-hydrogen) atoms. The summed E-state index contributed by atoms with van der Waals surface area (Å²) in [5, 5.41) is 0. The van der Waals surface area contributed by atoms with E-state index < -0.39 is 0 Å². The molecule has 0 radical (unpaired) electrons. The zero-order valence-electron chi connectivity index (χ0n) is 9.71. The lowest BCUT2D eigenvalue weighted by Gasteiger charge is -2.08. The number of hydrogen-bond donors (Lipinski definition) is 1. The summed E-state index contributed by atoms with van der Waals surface area (Å²) < 4.78 is 13.7. The number of halogens is 2. The predicted octanol–water partition coefficient (Wildman–Crippen LogP) is 3.71. The summed E-state index contributed by atoms with van der Waals surface area (Å²) in [5.74, 6) is -0.574. The molecule has 2 N–H and O–H groups in total. The predicted molar refractivity (Wildman–Crippen MR) is 73.1 cm³/mol. The van der Waals surface area contributed by atoms with E-state index in [-0.39, 0.29) is 11.6 Å². The van der Waals surface area contributed by atoms with Gasteiger partial charge in [0, 0.05) is 21.3 Å². The smallest absolute Gasteiger partial charge is 0.195 e. The number of nitrogens with two attached hydrogens (primary N) is 1. The molecule has 2 aromatic carbocycles. The van der Waals surface area contributed by atoms with Crippen molar-refractivity contribution < 1.29 is 9.18 Å². The molecular formula is C14H11BrFNO. The number of carbonyl (C=O) groups is 1. The van der Waals surface area contributed by atoms with Crippen molar-refractivity contribution >= 4 is 27.4 Å². The van der Waals surface area contributed by atoms with Gasteiger partial charge < -0.3 is 5.73 Å². The maximum absolute atomic E-state index is 12.8. The maximum Gasteiger partial charge on any atom is 0.195 e. The van der Waals surface area contributed by atoms with Crippen LogP contribution in [0.3, 0.4) is 0 Å². The first-order chi connectivity index (χ1) is 8.49. The Balaban J connectivity index is 2.46. The average Bonchev–Trinajstić information content (AvgIpc) is 2.34. The Kier molecular flexibility index (Phi) is 3.48. The van der Waals surface area contributed by atoms with Crippen molar-refractivity contribution in [1.82, 2.24) is 0 Å². The first-order valence-corrected chi connectivity index (χ1v) is 6.14. The molecule has 0 saturated heterocycles. The molecule has 2 aromatic rings. The molecule has 0 fully saturated rings. The molecular weight excluding hydrogens is 297 g/mol. The molecule has 92 valence electrons. The molecule has 0 aliphatic heterocycles. The van der Waals surface area contributed by atoms with Crippen molar-refractivity contribution in [3.63, 3.8) is 0 Å². The first kappa shape index (κ1) is 12.8. The molecule has 0 amide bonds. The Morgan fingerprint density at radius 2 is 1.83 bits per heavy atom. The van der Waals surface area contributed by atoms with Gasteiger partial charge in [0.15, 0.2) is 5.78 Å². The highest BCUT2D eigenvalue weighted by atomic mass is 79.9. The molecule has 0 spiro atoms. The van der Waals surface area contributed by atoms with Crippen LogP contribution >= 0.6 is 15.9 Å². The van der Waals surface area contributed by atoms with E-state index in [1.165, 1.54) is 24.3 Å². The van der Waals surface area contributed by atoms with Crippen LogP contribution in [0.1, 0.15) is 21.5 Å². The highest BCUT2D eigenvalue weighted by Crippen LogP contribution is 2.25. The highest BCUT2D eigenvalue weighted by Gasteiger charge is 2.13. The fourth-order valence-corrected chi connectivity index (χ4v) is 2.01. The van der Waals surface area contributed by atoms with Crippen molar-refractivity contribution in [2.45, 2.75) is 6.92 Å². The third-order valence-corrected chi connectivity index (χ3v) is 3.54. The van der Waals surface area contributed by atoms with Gasteiger partial charge in [0.05, 0.1) is 0 Å². The third-order valence-electron chi connectivity index (χ3n) is 2.68. The zero-order valence-corrected chi connectivity index (χ0v) is 11.3. The van der Waals surface area contributed by atoms with Gasteiger partial charge in [-0.1, -0.05) is 15.9 Å². The average molecular weight is 308 g/mol. The molecule has 0 saturated carbocycles.